The first kappa shape index (κ1) is 13.0. The number of aromatic nitrogens is 3. The third-order valence-electron chi connectivity index (χ3n) is 1.88. The zero-order chi connectivity index (χ0) is 13.0. The Balaban J connectivity index is 2.26. The molecule has 0 bridgehead atoms. The number of nitrogens with zero attached hydrogens (tertiary/aromatic N) is 3. The minimum absolute atomic E-state index is 0.0236. The van der Waals surface area contributed by atoms with Crippen LogP contribution in [-0.2, 0) is 0 Å². The number of rotatable bonds is 4. The largest absolute Gasteiger partial charge is 0.464 e. The lowest BCUT2D eigenvalue weighted by Gasteiger charge is -2.07. The van der Waals surface area contributed by atoms with Crippen molar-refractivity contribution in [3.05, 3.63) is 34.0 Å². The van der Waals surface area contributed by atoms with Gasteiger partial charge in [0.2, 0.25) is 5.28 Å². The second kappa shape index (κ2) is 5.97. The molecule has 2 aromatic rings. The molecular formula is C11H9BrClN3O2. The topological polar surface area (TPSA) is 57.1 Å². The standard InChI is InChI=1S/C11H9BrClN3O2/c1-2-17-10-14-9(13)15-11(16-10)18-8-6-4-3-5-7(8)12/h3-6H,2H2,1H3. The van der Waals surface area contributed by atoms with E-state index in [-0.39, 0.29) is 17.3 Å². The number of hydrogen-bond acceptors (Lipinski definition) is 5. The summed E-state index contributed by atoms with van der Waals surface area (Å²) in [6.07, 6.45) is 0. The quantitative estimate of drug-likeness (QED) is 0.859. The first-order valence-corrected chi connectivity index (χ1v) is 6.33. The summed E-state index contributed by atoms with van der Waals surface area (Å²) in [6, 6.07) is 7.57. The van der Waals surface area contributed by atoms with Crippen LogP contribution in [0.3, 0.4) is 0 Å². The van der Waals surface area contributed by atoms with Gasteiger partial charge in [0.05, 0.1) is 11.1 Å². The van der Waals surface area contributed by atoms with Crippen LogP contribution in [0, 0.1) is 0 Å². The Morgan fingerprint density at radius 1 is 1.17 bits per heavy atom. The Morgan fingerprint density at radius 2 is 1.89 bits per heavy atom. The molecule has 0 aliphatic heterocycles. The van der Waals surface area contributed by atoms with Gasteiger partial charge in [-0.25, -0.2) is 0 Å². The summed E-state index contributed by atoms with van der Waals surface area (Å²) in [7, 11) is 0. The van der Waals surface area contributed by atoms with Gasteiger partial charge in [-0.05, 0) is 46.6 Å². The molecule has 2 rings (SSSR count). The van der Waals surface area contributed by atoms with Crippen LogP contribution in [0.1, 0.15) is 6.92 Å². The zero-order valence-electron chi connectivity index (χ0n) is 9.43. The number of para-hydroxylation sites is 1. The molecule has 0 atom stereocenters. The lowest BCUT2D eigenvalue weighted by atomic mass is 10.3. The summed E-state index contributed by atoms with van der Waals surface area (Å²) in [5, 5.41) is 0.0236. The SMILES string of the molecule is CCOc1nc(Cl)nc(Oc2ccccc2Br)n1. The van der Waals surface area contributed by atoms with Crippen molar-refractivity contribution in [3.8, 4) is 17.8 Å². The minimum atomic E-state index is 0.0236. The Labute approximate surface area is 117 Å². The van der Waals surface area contributed by atoms with E-state index < -0.39 is 0 Å². The number of ether oxygens (including phenoxy) is 2. The Bertz CT molecular complexity index is 554. The zero-order valence-corrected chi connectivity index (χ0v) is 11.8. The van der Waals surface area contributed by atoms with Crippen molar-refractivity contribution in [2.75, 3.05) is 6.61 Å². The van der Waals surface area contributed by atoms with E-state index in [4.69, 9.17) is 21.1 Å². The highest BCUT2D eigenvalue weighted by Gasteiger charge is 2.09. The highest BCUT2D eigenvalue weighted by molar-refractivity contribution is 9.10. The molecule has 0 amide bonds. The molecular weight excluding hydrogens is 321 g/mol. The van der Waals surface area contributed by atoms with Gasteiger partial charge < -0.3 is 9.47 Å². The van der Waals surface area contributed by atoms with Gasteiger partial charge in [-0.2, -0.15) is 9.97 Å². The van der Waals surface area contributed by atoms with E-state index >= 15 is 0 Å². The number of halogens is 2. The van der Waals surface area contributed by atoms with Crippen LogP contribution in [-0.4, -0.2) is 21.6 Å². The molecule has 1 aromatic heterocycles. The van der Waals surface area contributed by atoms with Crippen molar-refractivity contribution >= 4 is 27.5 Å². The molecule has 0 radical (unpaired) electrons. The first-order valence-electron chi connectivity index (χ1n) is 5.16. The molecule has 18 heavy (non-hydrogen) atoms. The van der Waals surface area contributed by atoms with E-state index in [0.717, 1.165) is 4.47 Å². The molecule has 7 heteroatoms. The molecule has 0 spiro atoms. The highest BCUT2D eigenvalue weighted by atomic mass is 79.9. The summed E-state index contributed by atoms with van der Waals surface area (Å²) in [4.78, 5) is 11.7. The van der Waals surface area contributed by atoms with Gasteiger partial charge in [0, 0.05) is 0 Å². The molecule has 1 heterocycles. The van der Waals surface area contributed by atoms with E-state index in [2.05, 4.69) is 30.9 Å². The van der Waals surface area contributed by atoms with Crippen molar-refractivity contribution in [2.24, 2.45) is 0 Å². The molecule has 0 aliphatic rings. The van der Waals surface area contributed by atoms with E-state index in [0.29, 0.717) is 12.4 Å². The maximum absolute atomic E-state index is 5.76. The lowest BCUT2D eigenvalue weighted by molar-refractivity contribution is 0.303. The van der Waals surface area contributed by atoms with Crippen LogP contribution < -0.4 is 9.47 Å². The molecule has 94 valence electrons. The van der Waals surface area contributed by atoms with Crippen LogP contribution >= 0.6 is 27.5 Å². The fourth-order valence-corrected chi connectivity index (χ4v) is 1.69. The third kappa shape index (κ3) is 3.30. The van der Waals surface area contributed by atoms with Crippen molar-refractivity contribution in [1.29, 1.82) is 0 Å². The average molecular weight is 331 g/mol. The average Bonchev–Trinajstić information content (AvgIpc) is 2.32. The van der Waals surface area contributed by atoms with E-state index in [1.165, 1.54) is 0 Å². The summed E-state index contributed by atoms with van der Waals surface area (Å²) >= 11 is 9.12. The maximum Gasteiger partial charge on any atom is 0.329 e. The van der Waals surface area contributed by atoms with E-state index in [1.807, 2.05) is 25.1 Å². The lowest BCUT2D eigenvalue weighted by Crippen LogP contribution is -2.01. The second-order valence-corrected chi connectivity index (χ2v) is 4.33. The Hall–Kier alpha value is -1.40. The monoisotopic (exact) mass is 329 g/mol. The predicted octanol–water partition coefficient (Wildman–Crippen LogP) is 3.48. The first-order chi connectivity index (χ1) is 8.69. The molecule has 0 saturated heterocycles. The van der Waals surface area contributed by atoms with Gasteiger partial charge in [-0.1, -0.05) is 12.1 Å². The van der Waals surface area contributed by atoms with E-state index in [1.54, 1.807) is 6.07 Å². The fraction of sp³-hybridized carbons (Fsp3) is 0.182. The number of benzene rings is 1. The molecule has 0 N–H and O–H groups in total. The maximum atomic E-state index is 5.76. The van der Waals surface area contributed by atoms with Gasteiger partial charge in [0.25, 0.3) is 0 Å². The summed E-state index contributed by atoms with van der Waals surface area (Å²) in [5.41, 5.74) is 0. The van der Waals surface area contributed by atoms with Crippen molar-refractivity contribution < 1.29 is 9.47 Å². The molecule has 1 aromatic carbocycles. The normalized spacial score (nSPS) is 10.2. The van der Waals surface area contributed by atoms with E-state index in [9.17, 15) is 0 Å². The number of hydrogen-bond donors (Lipinski definition) is 0. The highest BCUT2D eigenvalue weighted by Crippen LogP contribution is 2.28. The fourth-order valence-electron chi connectivity index (χ4n) is 1.18. The second-order valence-electron chi connectivity index (χ2n) is 3.14. The van der Waals surface area contributed by atoms with Gasteiger partial charge in [0.1, 0.15) is 5.75 Å². The smallest absolute Gasteiger partial charge is 0.329 e. The summed E-state index contributed by atoms with van der Waals surface area (Å²) in [5.74, 6) is 0.585. The van der Waals surface area contributed by atoms with Gasteiger partial charge in [-0.15, -0.1) is 4.98 Å². The third-order valence-corrected chi connectivity index (χ3v) is 2.70. The van der Waals surface area contributed by atoms with Crippen LogP contribution in [0.25, 0.3) is 0 Å². The summed E-state index contributed by atoms with van der Waals surface area (Å²) < 4.78 is 11.5. The molecule has 0 unspecified atom stereocenters. The minimum Gasteiger partial charge on any atom is -0.464 e. The molecule has 0 aliphatic carbocycles. The van der Waals surface area contributed by atoms with Gasteiger partial charge >= 0.3 is 12.0 Å². The van der Waals surface area contributed by atoms with Crippen LogP contribution in [0.5, 0.6) is 17.8 Å². The van der Waals surface area contributed by atoms with Crippen LogP contribution in [0.4, 0.5) is 0 Å². The Kier molecular flexibility index (Phi) is 4.33. The van der Waals surface area contributed by atoms with Crippen LogP contribution in [0.15, 0.2) is 28.7 Å². The van der Waals surface area contributed by atoms with Crippen molar-refractivity contribution in [2.45, 2.75) is 6.92 Å². The predicted molar refractivity (Wildman–Crippen MR) is 70.2 cm³/mol. The molecule has 5 nitrogen and oxygen atoms in total. The molecule has 0 saturated carbocycles. The Morgan fingerprint density at radius 3 is 2.61 bits per heavy atom. The van der Waals surface area contributed by atoms with Crippen molar-refractivity contribution in [3.63, 3.8) is 0 Å². The van der Waals surface area contributed by atoms with Gasteiger partial charge in [-0.3, -0.25) is 0 Å². The summed E-state index contributed by atoms with van der Waals surface area (Å²) in [6.45, 7) is 2.26. The van der Waals surface area contributed by atoms with Crippen LogP contribution in [0.2, 0.25) is 5.28 Å². The van der Waals surface area contributed by atoms with Gasteiger partial charge in [0.15, 0.2) is 0 Å². The van der Waals surface area contributed by atoms with Crippen molar-refractivity contribution in [1.82, 2.24) is 15.0 Å². The molecule has 0 fully saturated rings.